The van der Waals surface area contributed by atoms with Crippen LogP contribution >= 0.6 is 0 Å². The van der Waals surface area contributed by atoms with Gasteiger partial charge in [0.2, 0.25) is 0 Å². The van der Waals surface area contributed by atoms with Crippen LogP contribution < -0.4 is 15.4 Å². The maximum atomic E-state index is 12.7. The zero-order valence-corrected chi connectivity index (χ0v) is 19.6. The van der Waals surface area contributed by atoms with Gasteiger partial charge in [-0.15, -0.1) is 13.2 Å². The number of imidazole rings is 1. The highest BCUT2D eigenvalue weighted by atomic mass is 19.4. The molecule has 0 atom stereocenters. The standard InChI is InChI=1S/C28H19F3N4O3/c29-28(30,31)38-22-12-5-10-20(16-22)27(37)33-21-11-4-9-19(15-21)24-17-32-25-23(13-6-14-35(24)25)34-26(36)18-7-2-1-3-8-18/h1-17H,(H,33,37)(H,34,36). The van der Waals surface area contributed by atoms with Crippen molar-refractivity contribution in [3.05, 3.63) is 115 Å². The number of hydrogen-bond acceptors (Lipinski definition) is 4. The smallest absolute Gasteiger partial charge is 0.406 e. The molecule has 2 aromatic heterocycles. The molecule has 0 aliphatic heterocycles. The number of alkyl halides is 3. The molecule has 0 radical (unpaired) electrons. The highest BCUT2D eigenvalue weighted by Crippen LogP contribution is 2.28. The lowest BCUT2D eigenvalue weighted by Gasteiger charge is -2.11. The average Bonchev–Trinajstić information content (AvgIpc) is 3.34. The van der Waals surface area contributed by atoms with Crippen molar-refractivity contribution in [2.75, 3.05) is 10.6 Å². The summed E-state index contributed by atoms with van der Waals surface area (Å²) in [5, 5.41) is 5.57. The summed E-state index contributed by atoms with van der Waals surface area (Å²) in [5.74, 6) is -1.35. The summed E-state index contributed by atoms with van der Waals surface area (Å²) in [6.07, 6.45) is -1.42. The average molecular weight is 516 g/mol. The van der Waals surface area contributed by atoms with Crippen LogP contribution in [0.25, 0.3) is 16.9 Å². The predicted molar refractivity (Wildman–Crippen MR) is 136 cm³/mol. The summed E-state index contributed by atoms with van der Waals surface area (Å²) >= 11 is 0. The van der Waals surface area contributed by atoms with Gasteiger partial charge in [0.05, 0.1) is 17.6 Å². The number of halogens is 3. The molecular formula is C28H19F3N4O3. The first-order chi connectivity index (χ1) is 18.3. The van der Waals surface area contributed by atoms with Crippen LogP contribution in [0, 0.1) is 0 Å². The van der Waals surface area contributed by atoms with E-state index in [4.69, 9.17) is 0 Å². The number of amides is 2. The minimum atomic E-state index is -4.86. The van der Waals surface area contributed by atoms with Gasteiger partial charge in [-0.1, -0.05) is 36.4 Å². The van der Waals surface area contributed by atoms with E-state index in [0.29, 0.717) is 28.3 Å². The SMILES string of the molecule is O=C(Nc1cccc(-c2cnc3c(NC(=O)c4ccccc4)cccn23)c1)c1cccc(OC(F)(F)F)c1. The molecule has 190 valence electrons. The number of ether oxygens (including phenoxy) is 1. The Hall–Kier alpha value is -5.12. The molecule has 0 saturated carbocycles. The second kappa shape index (κ2) is 10.1. The van der Waals surface area contributed by atoms with Crippen LogP contribution in [-0.2, 0) is 0 Å². The van der Waals surface area contributed by atoms with Gasteiger partial charge in [-0.25, -0.2) is 4.98 Å². The number of carbonyl (C=O) groups is 2. The first-order valence-corrected chi connectivity index (χ1v) is 11.4. The van der Waals surface area contributed by atoms with E-state index in [1.165, 1.54) is 12.1 Å². The van der Waals surface area contributed by atoms with Gasteiger partial charge in [0.1, 0.15) is 5.75 Å². The Kier molecular flexibility index (Phi) is 6.53. The third-order valence-electron chi connectivity index (χ3n) is 5.57. The highest BCUT2D eigenvalue weighted by molar-refractivity contribution is 6.06. The molecule has 0 spiro atoms. The molecule has 0 bridgehead atoms. The minimum Gasteiger partial charge on any atom is -0.406 e. The van der Waals surface area contributed by atoms with Gasteiger partial charge in [-0.05, 0) is 54.6 Å². The Bertz CT molecular complexity index is 1630. The van der Waals surface area contributed by atoms with Crippen LogP contribution in [0.5, 0.6) is 5.75 Å². The molecule has 0 aliphatic carbocycles. The zero-order valence-electron chi connectivity index (χ0n) is 19.6. The van der Waals surface area contributed by atoms with Crippen molar-refractivity contribution in [3.63, 3.8) is 0 Å². The van der Waals surface area contributed by atoms with Gasteiger partial charge >= 0.3 is 6.36 Å². The van der Waals surface area contributed by atoms with Gasteiger partial charge in [-0.3, -0.25) is 14.0 Å². The molecule has 3 aromatic carbocycles. The van der Waals surface area contributed by atoms with E-state index in [1.54, 1.807) is 71.4 Å². The molecule has 5 aromatic rings. The first kappa shape index (κ1) is 24.6. The van der Waals surface area contributed by atoms with E-state index in [9.17, 15) is 22.8 Å². The summed E-state index contributed by atoms with van der Waals surface area (Å²) in [7, 11) is 0. The molecule has 10 heteroatoms. The summed E-state index contributed by atoms with van der Waals surface area (Å²) in [4.78, 5) is 29.8. The number of hydrogen-bond donors (Lipinski definition) is 2. The lowest BCUT2D eigenvalue weighted by Crippen LogP contribution is -2.18. The largest absolute Gasteiger partial charge is 0.573 e. The predicted octanol–water partition coefficient (Wildman–Crippen LogP) is 6.40. The van der Waals surface area contributed by atoms with Gasteiger partial charge in [0.25, 0.3) is 11.8 Å². The van der Waals surface area contributed by atoms with E-state index < -0.39 is 18.0 Å². The zero-order chi connectivity index (χ0) is 26.7. The number of anilines is 2. The Labute approximate surface area is 214 Å². The number of rotatable bonds is 6. The topological polar surface area (TPSA) is 84.7 Å². The number of fused-ring (bicyclic) bond motifs is 1. The van der Waals surface area contributed by atoms with E-state index in [0.717, 1.165) is 17.7 Å². The Morgan fingerprint density at radius 3 is 2.32 bits per heavy atom. The second-order valence-electron chi connectivity index (χ2n) is 8.19. The maximum absolute atomic E-state index is 12.7. The summed E-state index contributed by atoms with van der Waals surface area (Å²) < 4.78 is 43.3. The number of pyridine rings is 1. The first-order valence-electron chi connectivity index (χ1n) is 11.4. The third kappa shape index (κ3) is 5.49. The molecule has 2 N–H and O–H groups in total. The molecule has 38 heavy (non-hydrogen) atoms. The monoisotopic (exact) mass is 516 g/mol. The molecule has 7 nitrogen and oxygen atoms in total. The minimum absolute atomic E-state index is 0.00533. The van der Waals surface area contributed by atoms with Crippen LogP contribution in [0.2, 0.25) is 0 Å². The van der Waals surface area contributed by atoms with Crippen molar-refractivity contribution >= 4 is 28.8 Å². The Balaban J connectivity index is 1.37. The number of benzene rings is 3. The fraction of sp³-hybridized carbons (Fsp3) is 0.0357. The van der Waals surface area contributed by atoms with Gasteiger partial charge in [0, 0.05) is 28.6 Å². The summed E-state index contributed by atoms with van der Waals surface area (Å²) in [6.45, 7) is 0. The van der Waals surface area contributed by atoms with Crippen LogP contribution in [0.3, 0.4) is 0 Å². The second-order valence-corrected chi connectivity index (χ2v) is 8.19. The fourth-order valence-corrected chi connectivity index (χ4v) is 3.90. The fourth-order valence-electron chi connectivity index (χ4n) is 3.90. The van der Waals surface area contributed by atoms with Crippen LogP contribution in [0.15, 0.2) is 103 Å². The Morgan fingerprint density at radius 2 is 1.53 bits per heavy atom. The van der Waals surface area contributed by atoms with Gasteiger partial charge < -0.3 is 15.4 Å². The molecular weight excluding hydrogens is 497 g/mol. The normalized spacial score (nSPS) is 11.2. The van der Waals surface area contributed by atoms with E-state index in [-0.39, 0.29) is 11.5 Å². The summed E-state index contributed by atoms with van der Waals surface area (Å²) in [5.41, 5.74) is 3.42. The van der Waals surface area contributed by atoms with E-state index in [1.807, 2.05) is 12.1 Å². The van der Waals surface area contributed by atoms with Gasteiger partial charge in [-0.2, -0.15) is 0 Å². The number of nitrogens with zero attached hydrogens (tertiary/aromatic N) is 2. The van der Waals surface area contributed by atoms with E-state index >= 15 is 0 Å². The number of nitrogens with one attached hydrogen (secondary N) is 2. The third-order valence-corrected chi connectivity index (χ3v) is 5.57. The van der Waals surface area contributed by atoms with Crippen molar-refractivity contribution in [3.8, 4) is 17.0 Å². The molecule has 0 unspecified atom stereocenters. The molecule has 0 aliphatic rings. The molecule has 0 saturated heterocycles. The van der Waals surface area contributed by atoms with Crippen molar-refractivity contribution in [2.24, 2.45) is 0 Å². The van der Waals surface area contributed by atoms with E-state index in [2.05, 4.69) is 20.4 Å². The summed E-state index contributed by atoms with van der Waals surface area (Å²) in [6, 6.07) is 24.1. The molecule has 0 fully saturated rings. The number of carbonyl (C=O) groups excluding carboxylic acids is 2. The maximum Gasteiger partial charge on any atom is 0.573 e. The molecule has 2 amide bonds. The van der Waals surface area contributed by atoms with Crippen LogP contribution in [0.4, 0.5) is 24.5 Å². The number of aromatic nitrogens is 2. The van der Waals surface area contributed by atoms with Crippen molar-refractivity contribution in [1.82, 2.24) is 9.38 Å². The molecule has 2 heterocycles. The Morgan fingerprint density at radius 1 is 0.789 bits per heavy atom. The van der Waals surface area contributed by atoms with Crippen LogP contribution in [0.1, 0.15) is 20.7 Å². The molecule has 5 rings (SSSR count). The van der Waals surface area contributed by atoms with Crippen molar-refractivity contribution < 1.29 is 27.5 Å². The van der Waals surface area contributed by atoms with Crippen molar-refractivity contribution in [2.45, 2.75) is 6.36 Å². The van der Waals surface area contributed by atoms with Gasteiger partial charge in [0.15, 0.2) is 5.65 Å². The van der Waals surface area contributed by atoms with Crippen molar-refractivity contribution in [1.29, 1.82) is 0 Å². The highest BCUT2D eigenvalue weighted by Gasteiger charge is 2.31. The lowest BCUT2D eigenvalue weighted by molar-refractivity contribution is -0.274. The lowest BCUT2D eigenvalue weighted by atomic mass is 10.1. The van der Waals surface area contributed by atoms with Crippen LogP contribution in [-0.4, -0.2) is 27.6 Å². The quantitative estimate of drug-likeness (QED) is 0.273.